The van der Waals surface area contributed by atoms with Gasteiger partial charge in [0.2, 0.25) is 0 Å². The van der Waals surface area contributed by atoms with Crippen LogP contribution in [-0.4, -0.2) is 30.6 Å². The van der Waals surface area contributed by atoms with E-state index in [1.165, 1.54) is 31.3 Å². The minimum Gasteiger partial charge on any atom is -0.416 e. The minimum absolute atomic E-state index is 0.149. The van der Waals surface area contributed by atoms with Gasteiger partial charge in [-0.05, 0) is 31.2 Å². The maximum Gasteiger partial charge on any atom is 0.334 e. The summed E-state index contributed by atoms with van der Waals surface area (Å²) in [7, 11) is 1.51. The van der Waals surface area contributed by atoms with E-state index in [9.17, 15) is 18.8 Å². The molecule has 1 aliphatic carbocycles. The van der Waals surface area contributed by atoms with Gasteiger partial charge in [0.25, 0.3) is 5.79 Å². The van der Waals surface area contributed by atoms with Crippen LogP contribution in [0.25, 0.3) is 0 Å². The van der Waals surface area contributed by atoms with Gasteiger partial charge in [0, 0.05) is 25.0 Å². The molecular weight excluding hydrogens is 317 g/mol. The Morgan fingerprint density at radius 2 is 1.62 bits per heavy atom. The highest BCUT2D eigenvalue weighted by atomic mass is 19.1. The fraction of sp³-hybridized carbons (Fsp3) is 0.353. The van der Waals surface area contributed by atoms with Crippen LogP contribution in [0, 0.1) is 5.82 Å². The SMILES string of the molecule is CN[C@]1(c2ccc(F)cc2)C(=O)CCCC12OC(=O)C=CC(=O)O2. The van der Waals surface area contributed by atoms with Crippen molar-refractivity contribution in [2.24, 2.45) is 0 Å². The summed E-state index contributed by atoms with van der Waals surface area (Å²) in [6.07, 6.45) is 2.67. The number of Topliss-reactive ketones (excluding diaryl/α,β-unsaturated/α-hetero) is 1. The number of benzene rings is 1. The molecule has 7 heteroatoms. The molecule has 6 nitrogen and oxygen atoms in total. The summed E-state index contributed by atoms with van der Waals surface area (Å²) in [6, 6.07) is 5.22. The molecule has 1 saturated carbocycles. The van der Waals surface area contributed by atoms with Crippen LogP contribution in [0.3, 0.4) is 0 Å². The lowest BCUT2D eigenvalue weighted by Gasteiger charge is -2.49. The lowest BCUT2D eigenvalue weighted by molar-refractivity contribution is -0.257. The highest BCUT2D eigenvalue weighted by molar-refractivity contribution is 5.97. The summed E-state index contributed by atoms with van der Waals surface area (Å²) in [5, 5.41) is 2.88. The standard InChI is InChI=1S/C17H16FNO5/c1-19-17(11-4-6-12(18)7-5-11)13(20)3-2-10-16(17)23-14(21)8-9-15(22)24-16/h4-9,19H,2-3,10H2,1H3/t17-/m1/s1. The van der Waals surface area contributed by atoms with Crippen LogP contribution in [0.2, 0.25) is 0 Å². The Balaban J connectivity index is 2.21. The third-order valence-corrected chi connectivity index (χ3v) is 4.44. The van der Waals surface area contributed by atoms with Crippen molar-refractivity contribution in [3.05, 3.63) is 47.8 Å². The molecule has 0 saturated heterocycles. The average molecular weight is 333 g/mol. The summed E-state index contributed by atoms with van der Waals surface area (Å²) in [6.45, 7) is 0. The van der Waals surface area contributed by atoms with Crippen LogP contribution >= 0.6 is 0 Å². The first kappa shape index (κ1) is 16.3. The Labute approximate surface area is 137 Å². The molecule has 1 heterocycles. The second-order valence-corrected chi connectivity index (χ2v) is 5.71. The van der Waals surface area contributed by atoms with Gasteiger partial charge in [-0.3, -0.25) is 10.1 Å². The molecule has 0 bridgehead atoms. The third kappa shape index (κ3) is 2.32. The van der Waals surface area contributed by atoms with Gasteiger partial charge >= 0.3 is 11.9 Å². The van der Waals surface area contributed by atoms with E-state index < -0.39 is 29.1 Å². The predicted octanol–water partition coefficient (Wildman–Crippen LogP) is 1.35. The first-order valence-electron chi connectivity index (χ1n) is 7.56. The molecule has 24 heavy (non-hydrogen) atoms. The summed E-state index contributed by atoms with van der Waals surface area (Å²) in [4.78, 5) is 36.8. The Kier molecular flexibility index (Phi) is 3.96. The van der Waals surface area contributed by atoms with Crippen LogP contribution in [0.15, 0.2) is 36.4 Å². The van der Waals surface area contributed by atoms with Crippen LogP contribution in [0.1, 0.15) is 24.8 Å². The zero-order valence-electron chi connectivity index (χ0n) is 13.0. The van der Waals surface area contributed by atoms with Gasteiger partial charge in [-0.1, -0.05) is 12.1 Å². The van der Waals surface area contributed by atoms with Crippen molar-refractivity contribution in [3.8, 4) is 0 Å². The van der Waals surface area contributed by atoms with Crippen LogP contribution in [-0.2, 0) is 29.4 Å². The van der Waals surface area contributed by atoms with E-state index in [4.69, 9.17) is 9.47 Å². The number of esters is 2. The van der Waals surface area contributed by atoms with Crippen molar-refractivity contribution in [3.63, 3.8) is 0 Å². The lowest BCUT2D eigenvalue weighted by Crippen LogP contribution is -2.68. The average Bonchev–Trinajstić information content (AvgIpc) is 2.68. The molecular formula is C17H16FNO5. The van der Waals surface area contributed by atoms with Crippen LogP contribution in [0.4, 0.5) is 4.39 Å². The molecule has 126 valence electrons. The molecule has 1 fully saturated rings. The van der Waals surface area contributed by atoms with E-state index in [1.54, 1.807) is 0 Å². The number of ketones is 1. The monoisotopic (exact) mass is 333 g/mol. The number of ether oxygens (including phenoxy) is 2. The number of nitrogens with one attached hydrogen (secondary N) is 1. The van der Waals surface area contributed by atoms with Crippen LogP contribution in [0.5, 0.6) is 0 Å². The molecule has 0 unspecified atom stereocenters. The third-order valence-electron chi connectivity index (χ3n) is 4.44. The van der Waals surface area contributed by atoms with Crippen molar-refractivity contribution in [2.45, 2.75) is 30.6 Å². The van der Waals surface area contributed by atoms with Gasteiger partial charge in [0.1, 0.15) is 5.82 Å². The number of likely N-dealkylation sites (N-methyl/N-ethyl adjacent to an activating group) is 1. The second kappa shape index (κ2) is 5.83. The molecule has 1 aromatic carbocycles. The van der Waals surface area contributed by atoms with Crippen molar-refractivity contribution < 1.29 is 28.2 Å². The van der Waals surface area contributed by atoms with E-state index in [0.29, 0.717) is 12.0 Å². The number of carbonyl (C=O) groups is 3. The van der Waals surface area contributed by atoms with E-state index >= 15 is 0 Å². The molecule has 0 radical (unpaired) electrons. The molecule has 0 amide bonds. The first-order valence-corrected chi connectivity index (χ1v) is 7.56. The van der Waals surface area contributed by atoms with E-state index in [2.05, 4.69) is 5.32 Å². The molecule has 1 N–H and O–H groups in total. The molecule has 3 rings (SSSR count). The lowest BCUT2D eigenvalue weighted by atomic mass is 9.70. The fourth-order valence-electron chi connectivity index (χ4n) is 3.43. The summed E-state index contributed by atoms with van der Waals surface area (Å²) in [5.74, 6) is -4.16. The van der Waals surface area contributed by atoms with Gasteiger partial charge in [0.15, 0.2) is 11.3 Å². The number of carbonyl (C=O) groups excluding carboxylic acids is 3. The van der Waals surface area contributed by atoms with Gasteiger partial charge in [-0.2, -0.15) is 0 Å². The molecule has 1 aromatic rings. The zero-order chi connectivity index (χ0) is 17.4. The van der Waals surface area contributed by atoms with Gasteiger partial charge in [-0.25, -0.2) is 14.0 Å². The largest absolute Gasteiger partial charge is 0.416 e. The van der Waals surface area contributed by atoms with Crippen molar-refractivity contribution in [2.75, 3.05) is 7.05 Å². The Bertz CT molecular complexity index is 707. The number of hydrogen-bond donors (Lipinski definition) is 1. The molecule has 0 aromatic heterocycles. The summed E-state index contributed by atoms with van der Waals surface area (Å²) in [5.41, 5.74) is -1.24. The topological polar surface area (TPSA) is 81.7 Å². The minimum atomic E-state index is -1.83. The van der Waals surface area contributed by atoms with Gasteiger partial charge in [-0.15, -0.1) is 0 Å². The second-order valence-electron chi connectivity index (χ2n) is 5.71. The number of hydrogen-bond acceptors (Lipinski definition) is 6. The van der Waals surface area contributed by atoms with E-state index in [-0.39, 0.29) is 18.6 Å². The van der Waals surface area contributed by atoms with E-state index in [1.807, 2.05) is 0 Å². The van der Waals surface area contributed by atoms with Gasteiger partial charge < -0.3 is 9.47 Å². The Morgan fingerprint density at radius 3 is 2.17 bits per heavy atom. The number of halogens is 1. The summed E-state index contributed by atoms with van der Waals surface area (Å²) < 4.78 is 24.2. The van der Waals surface area contributed by atoms with Crippen LogP contribution < -0.4 is 5.32 Å². The summed E-state index contributed by atoms with van der Waals surface area (Å²) >= 11 is 0. The molecule has 1 aliphatic heterocycles. The Hall–Kier alpha value is -2.54. The quantitative estimate of drug-likeness (QED) is 0.823. The Morgan fingerprint density at radius 1 is 1.04 bits per heavy atom. The normalized spacial score (nSPS) is 26.0. The fourth-order valence-corrected chi connectivity index (χ4v) is 3.43. The van der Waals surface area contributed by atoms with E-state index in [0.717, 1.165) is 12.2 Å². The highest BCUT2D eigenvalue weighted by Crippen LogP contribution is 2.46. The molecule has 1 atom stereocenters. The highest BCUT2D eigenvalue weighted by Gasteiger charge is 2.64. The maximum absolute atomic E-state index is 13.3. The predicted molar refractivity (Wildman–Crippen MR) is 80.1 cm³/mol. The van der Waals surface area contributed by atoms with Crippen molar-refractivity contribution >= 4 is 17.7 Å². The maximum atomic E-state index is 13.3. The number of rotatable bonds is 2. The smallest absolute Gasteiger partial charge is 0.334 e. The van der Waals surface area contributed by atoms with Crippen molar-refractivity contribution in [1.82, 2.24) is 5.32 Å². The molecule has 1 spiro atoms. The van der Waals surface area contributed by atoms with Crippen molar-refractivity contribution in [1.29, 1.82) is 0 Å². The first-order chi connectivity index (χ1) is 11.4. The van der Waals surface area contributed by atoms with Gasteiger partial charge in [0.05, 0.1) is 0 Å². The molecule has 2 aliphatic rings. The zero-order valence-corrected chi connectivity index (χ0v) is 13.0.